The van der Waals surface area contributed by atoms with Crippen LogP contribution in [0.1, 0.15) is 11.1 Å². The number of benzene rings is 2. The molecule has 2 aromatic carbocycles. The van der Waals surface area contributed by atoms with Gasteiger partial charge in [0.25, 0.3) is 15.8 Å². The van der Waals surface area contributed by atoms with Crippen molar-refractivity contribution in [3.8, 4) is 11.5 Å². The summed E-state index contributed by atoms with van der Waals surface area (Å²) in [5.74, 6) is -0.129. The van der Waals surface area contributed by atoms with E-state index in [-0.39, 0.29) is 33.9 Å². The fourth-order valence-corrected chi connectivity index (χ4v) is 2.58. The van der Waals surface area contributed by atoms with Crippen LogP contribution in [0.2, 0.25) is 0 Å². The van der Waals surface area contributed by atoms with Crippen molar-refractivity contribution in [2.75, 3.05) is 6.79 Å². The molecule has 1 aliphatic rings. The van der Waals surface area contributed by atoms with E-state index in [0.717, 1.165) is 11.8 Å². The number of guanidine groups is 1. The molecule has 0 unspecified atom stereocenters. The quantitative estimate of drug-likeness (QED) is 0.178. The maximum atomic E-state index is 10.9. The molecule has 5 N–H and O–H groups in total. The second kappa shape index (κ2) is 9.17. The van der Waals surface area contributed by atoms with Crippen LogP contribution in [0.4, 0.5) is 5.69 Å². The minimum Gasteiger partial charge on any atom is -0.454 e. The molecule has 0 amide bonds. The summed E-state index contributed by atoms with van der Waals surface area (Å²) in [7, 11) is -4.02. The summed E-state index contributed by atoms with van der Waals surface area (Å²) < 4.78 is 39.7. The molecule has 0 saturated carbocycles. The van der Waals surface area contributed by atoms with Crippen molar-refractivity contribution >= 4 is 28.0 Å². The number of aryl methyl sites for hydroxylation is 1. The van der Waals surface area contributed by atoms with Crippen LogP contribution in [0, 0.1) is 22.4 Å². The van der Waals surface area contributed by atoms with E-state index in [1.807, 2.05) is 6.92 Å². The van der Waals surface area contributed by atoms with Crippen molar-refractivity contribution in [1.82, 2.24) is 5.17 Å². The van der Waals surface area contributed by atoms with Gasteiger partial charge in [-0.05, 0) is 25.1 Å². The maximum absolute atomic E-state index is 10.9. The van der Waals surface area contributed by atoms with E-state index in [9.17, 15) is 18.5 Å². The van der Waals surface area contributed by atoms with Gasteiger partial charge in [0.05, 0.1) is 27.7 Å². The largest absolute Gasteiger partial charge is 0.454 e. The maximum Gasteiger partial charge on any atom is 0.294 e. The van der Waals surface area contributed by atoms with Crippen molar-refractivity contribution in [3.63, 3.8) is 0 Å². The fraction of sp³-hybridized carbons (Fsp3) is 0.125. The second-order valence-electron chi connectivity index (χ2n) is 5.73. The van der Waals surface area contributed by atoms with E-state index in [4.69, 9.17) is 30.4 Å². The van der Waals surface area contributed by atoms with Crippen LogP contribution in [0.3, 0.4) is 0 Å². The summed E-state index contributed by atoms with van der Waals surface area (Å²) in [5, 5.41) is 30.3. The van der Waals surface area contributed by atoms with Crippen molar-refractivity contribution in [3.05, 3.63) is 57.6 Å². The number of ether oxygens (including phenoxy) is 2. The Morgan fingerprint density at radius 2 is 1.87 bits per heavy atom. The van der Waals surface area contributed by atoms with Gasteiger partial charge in [0, 0.05) is 0 Å². The van der Waals surface area contributed by atoms with E-state index in [2.05, 4.69) is 5.10 Å². The van der Waals surface area contributed by atoms with Gasteiger partial charge in [0.15, 0.2) is 11.5 Å². The molecule has 2 aromatic rings. The molecular formula is C16H17N5O8S. The third kappa shape index (κ3) is 5.87. The van der Waals surface area contributed by atoms with E-state index in [1.54, 1.807) is 12.1 Å². The van der Waals surface area contributed by atoms with Gasteiger partial charge in [0.1, 0.15) is 0 Å². The molecule has 0 radical (unpaired) electrons. The van der Waals surface area contributed by atoms with Crippen molar-refractivity contribution < 1.29 is 32.6 Å². The monoisotopic (exact) mass is 439 g/mol. The van der Waals surface area contributed by atoms with Gasteiger partial charge in [0.2, 0.25) is 12.8 Å². The number of hydrazone groups is 1. The summed E-state index contributed by atoms with van der Waals surface area (Å²) in [6.45, 7) is 1.82. The predicted octanol–water partition coefficient (Wildman–Crippen LogP) is 1.48. The second-order valence-corrected chi connectivity index (χ2v) is 7.15. The normalized spacial score (nSPS) is 12.2. The molecule has 30 heavy (non-hydrogen) atoms. The lowest BCUT2D eigenvalue weighted by atomic mass is 10.1. The molecule has 0 spiro atoms. The standard InChI is InChI=1S/C9H9N5O5.C7H8O3S/c10-9(11)13(15)12-3-5-1-7-8(19-4-18-7)2-6(5)14(16)17;1-6-2-4-7(5-3-6)11(8,9)10/h1-3,15H,4H2,(H3,10,11);2-5H,1H3,(H,8,9,10)/b12-3+;. The van der Waals surface area contributed by atoms with Gasteiger partial charge in [-0.25, -0.2) is 0 Å². The van der Waals surface area contributed by atoms with Crippen molar-refractivity contribution in [2.45, 2.75) is 11.8 Å². The Bertz CT molecular complexity index is 1090. The zero-order chi connectivity index (χ0) is 22.5. The Kier molecular flexibility index (Phi) is 6.89. The number of nitro benzene ring substituents is 1. The van der Waals surface area contributed by atoms with Crippen LogP contribution in [0.25, 0.3) is 0 Å². The SMILES string of the molecule is Cc1ccc(S(=O)(=O)O)cc1.N=C(N)N(O)/N=C/c1cc2c(cc1[N+](=O)[O-])OCO2. The molecule has 0 saturated heterocycles. The van der Waals surface area contributed by atoms with Gasteiger partial charge in [-0.2, -0.15) is 13.5 Å². The van der Waals surface area contributed by atoms with Crippen LogP contribution < -0.4 is 15.2 Å². The number of nitrogens with zero attached hydrogens (tertiary/aromatic N) is 3. The minimum absolute atomic E-state index is 0.0212. The summed E-state index contributed by atoms with van der Waals surface area (Å²) in [6, 6.07) is 8.53. The average Bonchev–Trinajstić information content (AvgIpc) is 3.12. The number of rotatable bonds is 4. The van der Waals surface area contributed by atoms with Crippen LogP contribution in [0.5, 0.6) is 11.5 Å². The number of hydrogen-bond donors (Lipinski definition) is 4. The highest BCUT2D eigenvalue weighted by molar-refractivity contribution is 7.85. The van der Waals surface area contributed by atoms with Gasteiger partial charge >= 0.3 is 0 Å². The number of nitrogens with two attached hydrogens (primary N) is 1. The van der Waals surface area contributed by atoms with Crippen molar-refractivity contribution in [1.29, 1.82) is 5.41 Å². The number of nitrogens with one attached hydrogen (secondary N) is 1. The Balaban J connectivity index is 0.000000248. The molecule has 0 bridgehead atoms. The highest BCUT2D eigenvalue weighted by atomic mass is 32.2. The van der Waals surface area contributed by atoms with Crippen LogP contribution in [-0.4, -0.2) is 47.2 Å². The van der Waals surface area contributed by atoms with Crippen LogP contribution in [-0.2, 0) is 10.1 Å². The van der Waals surface area contributed by atoms with Gasteiger partial charge in [-0.3, -0.25) is 25.3 Å². The third-order valence-electron chi connectivity index (χ3n) is 3.56. The van der Waals surface area contributed by atoms with Crippen LogP contribution in [0.15, 0.2) is 46.4 Å². The van der Waals surface area contributed by atoms with E-state index >= 15 is 0 Å². The van der Waals surface area contributed by atoms with Gasteiger partial charge < -0.3 is 15.2 Å². The lowest BCUT2D eigenvalue weighted by Gasteiger charge is -2.06. The van der Waals surface area contributed by atoms with E-state index in [0.29, 0.717) is 5.75 Å². The molecule has 13 nitrogen and oxygen atoms in total. The Hall–Kier alpha value is -3.75. The van der Waals surface area contributed by atoms with Crippen molar-refractivity contribution in [2.24, 2.45) is 10.8 Å². The first-order valence-corrected chi connectivity index (χ1v) is 9.42. The first-order chi connectivity index (χ1) is 14.0. The minimum atomic E-state index is -4.02. The predicted molar refractivity (Wildman–Crippen MR) is 103 cm³/mol. The van der Waals surface area contributed by atoms with E-state index < -0.39 is 21.0 Å². The lowest BCUT2D eigenvalue weighted by molar-refractivity contribution is -0.385. The molecule has 14 heteroatoms. The number of hydroxylamine groups is 1. The molecule has 0 aliphatic carbocycles. The number of fused-ring (bicyclic) bond motifs is 1. The molecule has 1 aliphatic heterocycles. The highest BCUT2D eigenvalue weighted by Crippen LogP contribution is 2.37. The topological polar surface area (TPSA) is 202 Å². The smallest absolute Gasteiger partial charge is 0.294 e. The number of hydrogen-bond acceptors (Lipinski definition) is 9. The lowest BCUT2D eigenvalue weighted by Crippen LogP contribution is -2.28. The summed E-state index contributed by atoms with van der Waals surface area (Å²) >= 11 is 0. The zero-order valence-electron chi connectivity index (χ0n) is 15.4. The summed E-state index contributed by atoms with van der Waals surface area (Å²) in [4.78, 5) is 10.2. The molecule has 0 atom stereocenters. The van der Waals surface area contributed by atoms with Gasteiger partial charge in [-0.15, -0.1) is 5.17 Å². The average molecular weight is 439 g/mol. The fourth-order valence-electron chi connectivity index (χ4n) is 2.10. The Labute approximate surface area is 170 Å². The third-order valence-corrected chi connectivity index (χ3v) is 4.43. The molecular weight excluding hydrogens is 422 g/mol. The van der Waals surface area contributed by atoms with Crippen LogP contribution >= 0.6 is 0 Å². The number of nitro groups is 1. The molecule has 1 heterocycles. The summed E-state index contributed by atoms with van der Waals surface area (Å²) in [5.41, 5.74) is 5.72. The first kappa shape index (κ1) is 22.5. The Morgan fingerprint density at radius 1 is 1.30 bits per heavy atom. The zero-order valence-corrected chi connectivity index (χ0v) is 16.2. The molecule has 3 rings (SSSR count). The molecule has 0 aromatic heterocycles. The first-order valence-electron chi connectivity index (χ1n) is 7.98. The van der Waals surface area contributed by atoms with Gasteiger partial charge in [-0.1, -0.05) is 17.7 Å². The Morgan fingerprint density at radius 3 is 2.37 bits per heavy atom. The molecule has 160 valence electrons. The van der Waals surface area contributed by atoms with E-state index in [1.165, 1.54) is 24.3 Å². The highest BCUT2D eigenvalue weighted by Gasteiger charge is 2.22. The molecule has 0 fully saturated rings. The summed E-state index contributed by atoms with van der Waals surface area (Å²) in [6.07, 6.45) is 0.988.